The highest BCUT2D eigenvalue weighted by Gasteiger charge is 1.91. The van der Waals surface area contributed by atoms with Crippen molar-refractivity contribution in [1.29, 1.82) is 0 Å². The fourth-order valence-electron chi connectivity index (χ4n) is 1.04. The second-order valence-corrected chi connectivity index (χ2v) is 2.78. The van der Waals surface area contributed by atoms with Gasteiger partial charge in [0, 0.05) is 23.7 Å². The topological polar surface area (TPSA) is 70.9 Å². The molecule has 0 unspecified atom stereocenters. The Morgan fingerprint density at radius 1 is 1.67 bits per heavy atom. The minimum absolute atomic E-state index is 0.481. The molecule has 0 atom stereocenters. The van der Waals surface area contributed by atoms with Crippen LogP contribution in [0.2, 0.25) is 0 Å². The molecule has 5 nitrogen and oxygen atoms in total. The third-order valence-electron chi connectivity index (χ3n) is 1.74. The van der Waals surface area contributed by atoms with Gasteiger partial charge in [0.05, 0.1) is 7.11 Å². The Kier molecular flexibility index (Phi) is 4.77. The molecule has 0 radical (unpaired) electrons. The van der Waals surface area contributed by atoms with Crippen molar-refractivity contribution in [3.8, 4) is 5.88 Å². The maximum Gasteiger partial charge on any atom is 0.213 e. The lowest BCUT2D eigenvalue weighted by molar-refractivity contribution is 0.398. The van der Waals surface area contributed by atoms with Crippen molar-refractivity contribution >= 4 is 6.08 Å². The summed E-state index contributed by atoms with van der Waals surface area (Å²) in [6.07, 6.45) is 6.31. The molecule has 15 heavy (non-hydrogen) atoms. The van der Waals surface area contributed by atoms with E-state index in [1.807, 2.05) is 24.3 Å². The first kappa shape index (κ1) is 11.1. The fraction of sp³-hybridized carbons (Fsp3) is 0.300. The van der Waals surface area contributed by atoms with Crippen molar-refractivity contribution in [2.24, 2.45) is 5.11 Å². The molecule has 1 heterocycles. The van der Waals surface area contributed by atoms with E-state index in [0.717, 1.165) is 12.0 Å². The van der Waals surface area contributed by atoms with Crippen molar-refractivity contribution in [2.75, 3.05) is 13.7 Å². The van der Waals surface area contributed by atoms with Crippen LogP contribution in [-0.2, 0) is 0 Å². The molecule has 0 aliphatic carbocycles. The van der Waals surface area contributed by atoms with E-state index < -0.39 is 0 Å². The summed E-state index contributed by atoms with van der Waals surface area (Å²) < 4.78 is 4.99. The molecule has 0 saturated carbocycles. The van der Waals surface area contributed by atoms with Gasteiger partial charge in [-0.2, -0.15) is 0 Å². The van der Waals surface area contributed by atoms with Crippen LogP contribution < -0.4 is 4.74 Å². The maximum atomic E-state index is 8.06. The van der Waals surface area contributed by atoms with Gasteiger partial charge >= 0.3 is 0 Å². The molecule has 0 saturated heterocycles. The van der Waals surface area contributed by atoms with Crippen molar-refractivity contribution < 1.29 is 4.74 Å². The standard InChI is InChI=1S/C10H12N4O/c1-15-10-8-9(5-7-12-10)4-2-3-6-13-14-11/h2,4-5,7-8H,3,6H2,1H3. The number of aromatic nitrogens is 1. The fourth-order valence-corrected chi connectivity index (χ4v) is 1.04. The van der Waals surface area contributed by atoms with E-state index in [2.05, 4.69) is 15.0 Å². The number of nitrogens with zero attached hydrogens (tertiary/aromatic N) is 4. The lowest BCUT2D eigenvalue weighted by atomic mass is 10.2. The van der Waals surface area contributed by atoms with Gasteiger partial charge < -0.3 is 4.74 Å². The second-order valence-electron chi connectivity index (χ2n) is 2.78. The molecule has 1 aromatic heterocycles. The van der Waals surface area contributed by atoms with Gasteiger partial charge in [-0.25, -0.2) is 4.98 Å². The predicted molar refractivity (Wildman–Crippen MR) is 58.5 cm³/mol. The van der Waals surface area contributed by atoms with Crippen molar-refractivity contribution in [1.82, 2.24) is 4.98 Å². The Morgan fingerprint density at radius 2 is 2.53 bits per heavy atom. The van der Waals surface area contributed by atoms with E-state index in [1.165, 1.54) is 0 Å². The van der Waals surface area contributed by atoms with E-state index in [9.17, 15) is 0 Å². The number of pyridine rings is 1. The van der Waals surface area contributed by atoms with Crippen LogP contribution in [0.15, 0.2) is 29.5 Å². The highest BCUT2D eigenvalue weighted by molar-refractivity contribution is 5.49. The van der Waals surface area contributed by atoms with Gasteiger partial charge in [0.1, 0.15) is 0 Å². The van der Waals surface area contributed by atoms with Crippen LogP contribution in [-0.4, -0.2) is 18.6 Å². The molecule has 0 amide bonds. The van der Waals surface area contributed by atoms with Gasteiger partial charge in [0.2, 0.25) is 5.88 Å². The molecular formula is C10H12N4O. The summed E-state index contributed by atoms with van der Waals surface area (Å²) in [4.78, 5) is 6.66. The predicted octanol–water partition coefficient (Wildman–Crippen LogP) is 2.80. The van der Waals surface area contributed by atoms with Crippen LogP contribution in [0, 0.1) is 0 Å². The van der Waals surface area contributed by atoms with Gasteiger partial charge in [-0.3, -0.25) is 0 Å². The van der Waals surface area contributed by atoms with Crippen LogP contribution in [0.3, 0.4) is 0 Å². The third-order valence-corrected chi connectivity index (χ3v) is 1.74. The molecule has 1 rings (SSSR count). The van der Waals surface area contributed by atoms with Crippen molar-refractivity contribution in [3.63, 3.8) is 0 Å². The number of hydrogen-bond donors (Lipinski definition) is 0. The molecule has 0 spiro atoms. The van der Waals surface area contributed by atoms with Crippen LogP contribution in [0.4, 0.5) is 0 Å². The summed E-state index contributed by atoms with van der Waals surface area (Å²) in [5, 5.41) is 3.43. The zero-order chi connectivity index (χ0) is 10.9. The Hall–Kier alpha value is -2.00. The summed E-state index contributed by atoms with van der Waals surface area (Å²) in [6.45, 7) is 0.481. The lowest BCUT2D eigenvalue weighted by Gasteiger charge is -1.98. The number of hydrogen-bond acceptors (Lipinski definition) is 3. The average molecular weight is 204 g/mol. The summed E-state index contributed by atoms with van der Waals surface area (Å²) in [5.41, 5.74) is 9.08. The van der Waals surface area contributed by atoms with Crippen molar-refractivity contribution in [3.05, 3.63) is 40.4 Å². The molecule has 1 aromatic rings. The Bertz CT molecular complexity index is 383. The quantitative estimate of drug-likeness (QED) is 0.320. The summed E-state index contributed by atoms with van der Waals surface area (Å²) >= 11 is 0. The molecule has 0 aliphatic rings. The first-order chi connectivity index (χ1) is 7.36. The Balaban J connectivity index is 2.52. The Labute approximate surface area is 88.0 Å². The summed E-state index contributed by atoms with van der Waals surface area (Å²) in [6, 6.07) is 3.72. The van der Waals surface area contributed by atoms with Crippen LogP contribution in [0.5, 0.6) is 5.88 Å². The zero-order valence-corrected chi connectivity index (χ0v) is 8.50. The number of azide groups is 1. The first-order valence-corrected chi connectivity index (χ1v) is 4.54. The number of ether oxygens (including phenoxy) is 1. The van der Waals surface area contributed by atoms with E-state index in [1.54, 1.807) is 13.3 Å². The van der Waals surface area contributed by atoms with Gasteiger partial charge in [0.25, 0.3) is 0 Å². The van der Waals surface area contributed by atoms with E-state index in [-0.39, 0.29) is 0 Å². The Morgan fingerprint density at radius 3 is 3.27 bits per heavy atom. The molecule has 78 valence electrons. The molecule has 0 aliphatic heterocycles. The average Bonchev–Trinajstić information content (AvgIpc) is 2.29. The molecule has 0 N–H and O–H groups in total. The van der Waals surface area contributed by atoms with Crippen LogP contribution in [0.25, 0.3) is 16.5 Å². The molecule has 0 bridgehead atoms. The van der Waals surface area contributed by atoms with Crippen molar-refractivity contribution in [2.45, 2.75) is 6.42 Å². The van der Waals surface area contributed by atoms with E-state index in [0.29, 0.717) is 12.4 Å². The summed E-state index contributed by atoms with van der Waals surface area (Å²) in [5.74, 6) is 0.590. The largest absolute Gasteiger partial charge is 0.481 e. The number of rotatable bonds is 5. The van der Waals surface area contributed by atoms with Gasteiger partial charge in [-0.1, -0.05) is 17.3 Å². The number of methoxy groups -OCH3 is 1. The minimum atomic E-state index is 0.481. The van der Waals surface area contributed by atoms with Crippen LogP contribution >= 0.6 is 0 Å². The van der Waals surface area contributed by atoms with Gasteiger partial charge in [-0.15, -0.1) is 0 Å². The molecule has 0 aromatic carbocycles. The van der Waals surface area contributed by atoms with Crippen LogP contribution in [0.1, 0.15) is 12.0 Å². The second kappa shape index (κ2) is 6.45. The minimum Gasteiger partial charge on any atom is -0.481 e. The highest BCUT2D eigenvalue weighted by atomic mass is 16.5. The van der Waals surface area contributed by atoms with E-state index in [4.69, 9.17) is 10.3 Å². The molecule has 5 heteroatoms. The maximum absolute atomic E-state index is 8.06. The smallest absolute Gasteiger partial charge is 0.213 e. The molecule has 0 fully saturated rings. The summed E-state index contributed by atoms with van der Waals surface area (Å²) in [7, 11) is 1.58. The highest BCUT2D eigenvalue weighted by Crippen LogP contribution is 2.10. The molecular weight excluding hydrogens is 192 g/mol. The first-order valence-electron chi connectivity index (χ1n) is 4.54. The monoisotopic (exact) mass is 204 g/mol. The van der Waals surface area contributed by atoms with Gasteiger partial charge in [0.15, 0.2) is 0 Å². The van der Waals surface area contributed by atoms with Gasteiger partial charge in [-0.05, 0) is 23.6 Å². The third kappa shape index (κ3) is 4.15. The zero-order valence-electron chi connectivity index (χ0n) is 8.50. The lowest BCUT2D eigenvalue weighted by Crippen LogP contribution is -1.86. The van der Waals surface area contributed by atoms with E-state index >= 15 is 0 Å². The normalized spacial score (nSPS) is 9.93. The SMILES string of the molecule is COc1cc(C=CCCN=[N+]=[N-])ccn1.